The second-order valence-electron chi connectivity index (χ2n) is 5.07. The van der Waals surface area contributed by atoms with Crippen molar-refractivity contribution in [3.63, 3.8) is 0 Å². The lowest BCUT2D eigenvalue weighted by Crippen LogP contribution is -2.08. The van der Waals surface area contributed by atoms with E-state index in [0.717, 1.165) is 6.54 Å². The molecular weight excluding hydrogens is 238 g/mol. The molecule has 1 heterocycles. The molecule has 0 saturated carbocycles. The van der Waals surface area contributed by atoms with Gasteiger partial charge in [-0.05, 0) is 25.0 Å². The highest BCUT2D eigenvalue weighted by Crippen LogP contribution is 2.52. The van der Waals surface area contributed by atoms with E-state index in [-0.39, 0.29) is 0 Å². The van der Waals surface area contributed by atoms with Crippen LogP contribution in [0.25, 0.3) is 0 Å². The van der Waals surface area contributed by atoms with Crippen molar-refractivity contribution in [2.75, 3.05) is 18.6 Å². The second-order valence-corrected chi connectivity index (χ2v) is 8.46. The molecule has 18 heavy (non-hydrogen) atoms. The Bertz CT molecular complexity index is 458. The summed E-state index contributed by atoms with van der Waals surface area (Å²) < 4.78 is 0. The molecule has 0 amide bonds. The van der Waals surface area contributed by atoms with Crippen molar-refractivity contribution in [2.24, 2.45) is 4.99 Å². The summed E-state index contributed by atoms with van der Waals surface area (Å²) in [6.45, 7) is 5.35. The van der Waals surface area contributed by atoms with Gasteiger partial charge >= 0.3 is 0 Å². The van der Waals surface area contributed by atoms with Gasteiger partial charge in [0.25, 0.3) is 0 Å². The number of hydrogen-bond acceptors (Lipinski definition) is 1. The molecule has 0 aliphatic carbocycles. The van der Waals surface area contributed by atoms with Crippen LogP contribution >= 0.6 is 10.0 Å². The monoisotopic (exact) mass is 261 g/mol. The highest BCUT2D eigenvalue weighted by molar-refractivity contribution is 8.47. The largest absolute Gasteiger partial charge is 0.278 e. The number of unbranched alkanes of at least 4 members (excludes halogenated alkanes) is 1. The van der Waals surface area contributed by atoms with Crippen molar-refractivity contribution in [3.8, 4) is 0 Å². The minimum atomic E-state index is -0.813. The normalized spacial score (nSPS) is 27.2. The lowest BCUT2D eigenvalue weighted by molar-refractivity contribution is 0.960. The first-order valence-electron chi connectivity index (χ1n) is 6.70. The predicted octanol–water partition coefficient (Wildman–Crippen LogP) is 4.50. The van der Waals surface area contributed by atoms with Crippen molar-refractivity contribution in [3.05, 3.63) is 46.9 Å². The lowest BCUT2D eigenvalue weighted by atomic mass is 10.2. The van der Waals surface area contributed by atoms with E-state index in [4.69, 9.17) is 4.99 Å². The van der Waals surface area contributed by atoms with E-state index in [0.29, 0.717) is 0 Å². The molecule has 1 aliphatic rings. The molecule has 2 heteroatoms. The molecule has 2 rings (SSSR count). The maximum absolute atomic E-state index is 4.77. The molecule has 0 saturated heterocycles. The van der Waals surface area contributed by atoms with Crippen LogP contribution in [0.3, 0.4) is 0 Å². The second kappa shape index (κ2) is 5.75. The topological polar surface area (TPSA) is 12.4 Å². The van der Waals surface area contributed by atoms with Gasteiger partial charge in [-0.2, -0.15) is 10.0 Å². The molecular formula is C16H23NS. The average molecular weight is 261 g/mol. The third-order valence-corrected chi connectivity index (χ3v) is 6.43. The van der Waals surface area contributed by atoms with E-state index >= 15 is 0 Å². The quantitative estimate of drug-likeness (QED) is 0.756. The zero-order valence-electron chi connectivity index (χ0n) is 11.6. The molecule has 0 spiro atoms. The van der Waals surface area contributed by atoms with Gasteiger partial charge in [-0.25, -0.2) is 0 Å². The summed E-state index contributed by atoms with van der Waals surface area (Å²) in [5.74, 6) is 1.22. The molecule has 0 N–H and O–H groups in total. The molecule has 0 aromatic heterocycles. The van der Waals surface area contributed by atoms with Crippen LogP contribution in [-0.2, 0) is 0 Å². The fourth-order valence-electron chi connectivity index (χ4n) is 2.22. The van der Waals surface area contributed by atoms with Crippen LogP contribution in [0.5, 0.6) is 0 Å². The van der Waals surface area contributed by atoms with E-state index in [1.54, 1.807) is 0 Å². The van der Waals surface area contributed by atoms with Crippen molar-refractivity contribution in [1.82, 2.24) is 0 Å². The molecule has 1 aromatic rings. The van der Waals surface area contributed by atoms with Gasteiger partial charge in [-0.3, -0.25) is 4.99 Å². The van der Waals surface area contributed by atoms with Crippen LogP contribution in [0, 0.1) is 6.92 Å². The van der Waals surface area contributed by atoms with E-state index in [9.17, 15) is 0 Å². The minimum Gasteiger partial charge on any atom is -0.278 e. The summed E-state index contributed by atoms with van der Waals surface area (Å²) in [4.78, 5) is 4.77. The Kier molecular flexibility index (Phi) is 4.28. The standard InChI is InChI=1S/C16H23NS/c1-4-5-6-12-18(3)13-11-17-16(18)15-9-7-14(2)8-10-15/h6-10,12H,4-5,11,13H2,1-3H3. The lowest BCUT2D eigenvalue weighted by Gasteiger charge is -2.28. The van der Waals surface area contributed by atoms with Gasteiger partial charge in [0.05, 0.1) is 5.04 Å². The Morgan fingerprint density at radius 3 is 2.67 bits per heavy atom. The zero-order valence-corrected chi connectivity index (χ0v) is 12.5. The third-order valence-electron chi connectivity index (χ3n) is 3.36. The Labute approximate surface area is 112 Å². The van der Waals surface area contributed by atoms with Crippen molar-refractivity contribution >= 4 is 15.1 Å². The summed E-state index contributed by atoms with van der Waals surface area (Å²) in [5, 5.41) is 3.79. The van der Waals surface area contributed by atoms with Gasteiger partial charge in [0, 0.05) is 17.9 Å². The number of rotatable bonds is 4. The fourth-order valence-corrected chi connectivity index (χ4v) is 4.77. The van der Waals surface area contributed by atoms with Crippen LogP contribution in [0.15, 0.2) is 40.7 Å². The van der Waals surface area contributed by atoms with Gasteiger partial charge in [-0.1, -0.05) is 49.2 Å². The van der Waals surface area contributed by atoms with E-state index in [1.165, 1.54) is 34.8 Å². The SMILES string of the molecule is CCCC=CS1(C)CCN=C1c1ccc(C)cc1. The van der Waals surface area contributed by atoms with Crippen LogP contribution in [0.4, 0.5) is 0 Å². The Balaban J connectivity index is 2.23. The van der Waals surface area contributed by atoms with Crippen LogP contribution < -0.4 is 0 Å². The van der Waals surface area contributed by atoms with Gasteiger partial charge in [0.2, 0.25) is 0 Å². The highest BCUT2D eigenvalue weighted by Gasteiger charge is 2.27. The summed E-state index contributed by atoms with van der Waals surface area (Å²) in [6.07, 6.45) is 7.15. The Morgan fingerprint density at radius 1 is 1.28 bits per heavy atom. The molecule has 1 nitrogen and oxygen atoms in total. The van der Waals surface area contributed by atoms with Gasteiger partial charge in [0.1, 0.15) is 0 Å². The molecule has 0 fully saturated rings. The molecule has 1 aliphatic heterocycles. The van der Waals surface area contributed by atoms with Crippen molar-refractivity contribution in [1.29, 1.82) is 0 Å². The third kappa shape index (κ3) is 2.86. The van der Waals surface area contributed by atoms with E-state index in [1.807, 2.05) is 0 Å². The average Bonchev–Trinajstić information content (AvgIpc) is 2.73. The zero-order chi connectivity index (χ0) is 13.0. The first-order chi connectivity index (χ1) is 8.65. The van der Waals surface area contributed by atoms with Gasteiger partial charge in [-0.15, -0.1) is 0 Å². The molecule has 1 atom stereocenters. The maximum atomic E-state index is 4.77. The predicted molar refractivity (Wildman–Crippen MR) is 85.0 cm³/mol. The number of allylic oxidation sites excluding steroid dienone is 1. The number of nitrogens with zero attached hydrogens (tertiary/aromatic N) is 1. The number of benzene rings is 1. The Hall–Kier alpha value is -1.02. The number of hydrogen-bond donors (Lipinski definition) is 0. The molecule has 0 radical (unpaired) electrons. The van der Waals surface area contributed by atoms with Gasteiger partial charge in [0.15, 0.2) is 0 Å². The first-order valence-corrected chi connectivity index (χ1v) is 8.97. The molecule has 0 bridgehead atoms. The number of aryl methyl sites for hydroxylation is 1. The smallest absolute Gasteiger partial charge is 0.0840 e. The number of aliphatic imine (C=N–C) groups is 1. The van der Waals surface area contributed by atoms with E-state index in [2.05, 4.69) is 55.9 Å². The molecule has 1 unspecified atom stereocenters. The van der Waals surface area contributed by atoms with E-state index < -0.39 is 10.0 Å². The van der Waals surface area contributed by atoms with Crippen LogP contribution in [-0.4, -0.2) is 23.6 Å². The fraction of sp³-hybridized carbons (Fsp3) is 0.438. The molecule has 98 valence electrons. The van der Waals surface area contributed by atoms with Crippen LogP contribution in [0.1, 0.15) is 30.9 Å². The van der Waals surface area contributed by atoms with Crippen molar-refractivity contribution < 1.29 is 0 Å². The first kappa shape index (κ1) is 13.4. The summed E-state index contributed by atoms with van der Waals surface area (Å²) >= 11 is 0. The maximum Gasteiger partial charge on any atom is 0.0840 e. The molecule has 1 aromatic carbocycles. The Morgan fingerprint density at radius 2 is 2.00 bits per heavy atom. The van der Waals surface area contributed by atoms with Crippen LogP contribution in [0.2, 0.25) is 0 Å². The highest BCUT2D eigenvalue weighted by atomic mass is 32.3. The van der Waals surface area contributed by atoms with Crippen molar-refractivity contribution in [2.45, 2.75) is 26.7 Å². The summed E-state index contributed by atoms with van der Waals surface area (Å²) in [7, 11) is -0.813. The minimum absolute atomic E-state index is 0.813. The summed E-state index contributed by atoms with van der Waals surface area (Å²) in [6, 6.07) is 8.81. The van der Waals surface area contributed by atoms with Gasteiger partial charge < -0.3 is 0 Å². The summed E-state index contributed by atoms with van der Waals surface area (Å²) in [5.41, 5.74) is 2.63.